The third kappa shape index (κ3) is 5.67. The minimum atomic E-state index is -1.07. The third-order valence-corrected chi connectivity index (χ3v) is 3.92. The van der Waals surface area contributed by atoms with Crippen LogP contribution < -0.4 is 5.32 Å². The number of hydrogen-bond acceptors (Lipinski definition) is 2. The molecule has 0 saturated carbocycles. The van der Waals surface area contributed by atoms with E-state index >= 15 is 0 Å². The van der Waals surface area contributed by atoms with E-state index in [2.05, 4.69) is 5.32 Å². The molecule has 2 atom stereocenters. The molecule has 0 heterocycles. The van der Waals surface area contributed by atoms with Gasteiger partial charge in [-0.3, -0.25) is 9.59 Å². The highest BCUT2D eigenvalue weighted by Crippen LogP contribution is 2.22. The van der Waals surface area contributed by atoms with Gasteiger partial charge in [0.15, 0.2) is 0 Å². The largest absolute Gasteiger partial charge is 0.481 e. The highest BCUT2D eigenvalue weighted by Gasteiger charge is 2.20. The standard InChI is InChI=1S/C19H19F2NO3/c1-12(13-2-6-15(20)7-3-13)10-18(23)22-17(11-19(24)25)14-4-8-16(21)9-5-14/h2-9,12,17H,10-11H2,1H3,(H,22,23)(H,24,25). The second-order valence-corrected chi connectivity index (χ2v) is 5.93. The van der Waals surface area contributed by atoms with Crippen LogP contribution in [0.2, 0.25) is 0 Å². The molecular weight excluding hydrogens is 328 g/mol. The zero-order valence-corrected chi connectivity index (χ0v) is 13.7. The lowest BCUT2D eigenvalue weighted by atomic mass is 9.96. The van der Waals surface area contributed by atoms with Crippen molar-refractivity contribution in [3.63, 3.8) is 0 Å². The molecule has 0 bridgehead atoms. The first-order chi connectivity index (χ1) is 11.8. The highest BCUT2D eigenvalue weighted by molar-refractivity contribution is 5.78. The van der Waals surface area contributed by atoms with Crippen molar-refractivity contribution in [2.45, 2.75) is 31.7 Å². The summed E-state index contributed by atoms with van der Waals surface area (Å²) in [6, 6.07) is 10.5. The minimum Gasteiger partial charge on any atom is -0.481 e. The SMILES string of the molecule is CC(CC(=O)NC(CC(=O)O)c1ccc(F)cc1)c1ccc(F)cc1. The zero-order chi connectivity index (χ0) is 18.4. The molecular formula is C19H19F2NO3. The molecule has 0 fully saturated rings. The number of carboxylic acid groups (broad SMARTS) is 1. The first-order valence-electron chi connectivity index (χ1n) is 7.87. The maximum atomic E-state index is 13.0. The Morgan fingerprint density at radius 1 is 0.920 bits per heavy atom. The molecule has 2 aromatic rings. The molecule has 6 heteroatoms. The Balaban J connectivity index is 2.04. The van der Waals surface area contributed by atoms with Gasteiger partial charge >= 0.3 is 5.97 Å². The molecule has 0 aromatic heterocycles. The number of amides is 1. The number of aliphatic carboxylic acids is 1. The fourth-order valence-electron chi connectivity index (χ4n) is 2.56. The number of carbonyl (C=O) groups is 2. The van der Waals surface area contributed by atoms with Crippen molar-refractivity contribution in [3.05, 3.63) is 71.3 Å². The minimum absolute atomic E-state index is 0.128. The normalized spacial score (nSPS) is 13.1. The fraction of sp³-hybridized carbons (Fsp3) is 0.263. The summed E-state index contributed by atoms with van der Waals surface area (Å²) in [5.41, 5.74) is 1.33. The van der Waals surface area contributed by atoms with Gasteiger partial charge in [0.1, 0.15) is 11.6 Å². The Labute approximate surface area is 144 Å². The van der Waals surface area contributed by atoms with Gasteiger partial charge in [-0.05, 0) is 41.3 Å². The van der Waals surface area contributed by atoms with Crippen LogP contribution in [0.25, 0.3) is 0 Å². The summed E-state index contributed by atoms with van der Waals surface area (Å²) in [5, 5.41) is 11.7. The molecule has 0 spiro atoms. The van der Waals surface area contributed by atoms with Gasteiger partial charge in [0.05, 0.1) is 12.5 Å². The van der Waals surface area contributed by atoms with Crippen LogP contribution in [0.5, 0.6) is 0 Å². The highest BCUT2D eigenvalue weighted by atomic mass is 19.1. The van der Waals surface area contributed by atoms with Crippen LogP contribution >= 0.6 is 0 Å². The predicted molar refractivity (Wildman–Crippen MR) is 89.0 cm³/mol. The summed E-state index contributed by atoms with van der Waals surface area (Å²) >= 11 is 0. The summed E-state index contributed by atoms with van der Waals surface area (Å²) in [6.07, 6.45) is -0.175. The molecule has 2 unspecified atom stereocenters. The fourth-order valence-corrected chi connectivity index (χ4v) is 2.56. The van der Waals surface area contributed by atoms with Crippen LogP contribution in [-0.2, 0) is 9.59 Å². The lowest BCUT2D eigenvalue weighted by Crippen LogP contribution is -2.30. The first-order valence-corrected chi connectivity index (χ1v) is 7.87. The van der Waals surface area contributed by atoms with Crippen molar-refractivity contribution >= 4 is 11.9 Å². The molecule has 2 N–H and O–H groups in total. The Bertz CT molecular complexity index is 729. The van der Waals surface area contributed by atoms with Crippen LogP contribution in [0.4, 0.5) is 8.78 Å². The van der Waals surface area contributed by atoms with Gasteiger partial charge in [-0.15, -0.1) is 0 Å². The molecule has 0 aliphatic carbocycles. The van der Waals surface area contributed by atoms with Gasteiger partial charge in [-0.25, -0.2) is 8.78 Å². The maximum Gasteiger partial charge on any atom is 0.305 e. The van der Waals surface area contributed by atoms with Crippen LogP contribution in [-0.4, -0.2) is 17.0 Å². The quantitative estimate of drug-likeness (QED) is 0.801. The second-order valence-electron chi connectivity index (χ2n) is 5.93. The molecule has 0 radical (unpaired) electrons. The Hall–Kier alpha value is -2.76. The van der Waals surface area contributed by atoms with Crippen LogP contribution in [0.3, 0.4) is 0 Å². The average molecular weight is 347 g/mol. The smallest absolute Gasteiger partial charge is 0.305 e. The maximum absolute atomic E-state index is 13.0. The third-order valence-electron chi connectivity index (χ3n) is 3.92. The molecule has 25 heavy (non-hydrogen) atoms. The Kier molecular flexibility index (Phi) is 6.22. The molecule has 2 rings (SSSR count). The van der Waals surface area contributed by atoms with Gasteiger partial charge in [0.25, 0.3) is 0 Å². The summed E-state index contributed by atoms with van der Waals surface area (Å²) in [4.78, 5) is 23.3. The van der Waals surface area contributed by atoms with E-state index in [1.165, 1.54) is 36.4 Å². The van der Waals surface area contributed by atoms with E-state index in [1.54, 1.807) is 12.1 Å². The summed E-state index contributed by atoms with van der Waals surface area (Å²) in [6.45, 7) is 1.83. The van der Waals surface area contributed by atoms with E-state index in [4.69, 9.17) is 5.11 Å². The van der Waals surface area contributed by atoms with Crippen LogP contribution in [0, 0.1) is 11.6 Å². The molecule has 0 aliphatic rings. The van der Waals surface area contributed by atoms with Gasteiger partial charge in [0.2, 0.25) is 5.91 Å². The van der Waals surface area contributed by atoms with Crippen molar-refractivity contribution in [2.24, 2.45) is 0 Å². The molecule has 1 amide bonds. The number of nitrogens with one attached hydrogen (secondary N) is 1. The van der Waals surface area contributed by atoms with Gasteiger partial charge in [-0.2, -0.15) is 0 Å². The number of halogens is 2. The van der Waals surface area contributed by atoms with Crippen molar-refractivity contribution in [1.82, 2.24) is 5.32 Å². The first kappa shape index (κ1) is 18.6. The lowest BCUT2D eigenvalue weighted by molar-refractivity contribution is -0.137. The number of benzene rings is 2. The zero-order valence-electron chi connectivity index (χ0n) is 13.7. The van der Waals surface area contributed by atoms with E-state index in [9.17, 15) is 18.4 Å². The van der Waals surface area contributed by atoms with E-state index in [0.717, 1.165) is 5.56 Å². The Morgan fingerprint density at radius 2 is 1.40 bits per heavy atom. The van der Waals surface area contributed by atoms with E-state index in [-0.39, 0.29) is 30.5 Å². The van der Waals surface area contributed by atoms with Gasteiger partial charge in [-0.1, -0.05) is 31.2 Å². The van der Waals surface area contributed by atoms with Crippen LogP contribution in [0.1, 0.15) is 42.9 Å². The molecule has 4 nitrogen and oxygen atoms in total. The number of carboxylic acids is 1. The van der Waals surface area contributed by atoms with Crippen molar-refractivity contribution in [3.8, 4) is 0 Å². The molecule has 2 aromatic carbocycles. The van der Waals surface area contributed by atoms with Crippen molar-refractivity contribution in [1.29, 1.82) is 0 Å². The summed E-state index contributed by atoms with van der Waals surface area (Å²) < 4.78 is 26.0. The van der Waals surface area contributed by atoms with E-state index < -0.39 is 17.8 Å². The van der Waals surface area contributed by atoms with E-state index in [0.29, 0.717) is 5.56 Å². The second kappa shape index (κ2) is 8.37. The van der Waals surface area contributed by atoms with Gasteiger partial charge < -0.3 is 10.4 Å². The van der Waals surface area contributed by atoms with Crippen molar-refractivity contribution in [2.75, 3.05) is 0 Å². The lowest BCUT2D eigenvalue weighted by Gasteiger charge is -2.19. The monoisotopic (exact) mass is 347 g/mol. The molecule has 0 saturated heterocycles. The number of hydrogen-bond donors (Lipinski definition) is 2. The number of carbonyl (C=O) groups excluding carboxylic acids is 1. The number of rotatable bonds is 7. The molecule has 132 valence electrons. The summed E-state index contributed by atoms with van der Waals surface area (Å²) in [5.74, 6) is -2.33. The Morgan fingerprint density at radius 3 is 1.88 bits per heavy atom. The van der Waals surface area contributed by atoms with Crippen LogP contribution in [0.15, 0.2) is 48.5 Å². The average Bonchev–Trinajstić information content (AvgIpc) is 2.55. The molecule has 0 aliphatic heterocycles. The van der Waals surface area contributed by atoms with Crippen molar-refractivity contribution < 1.29 is 23.5 Å². The van der Waals surface area contributed by atoms with Gasteiger partial charge in [0, 0.05) is 6.42 Å². The van der Waals surface area contributed by atoms with E-state index in [1.807, 2.05) is 6.92 Å². The topological polar surface area (TPSA) is 66.4 Å². The predicted octanol–water partition coefficient (Wildman–Crippen LogP) is 3.79. The summed E-state index contributed by atoms with van der Waals surface area (Å²) in [7, 11) is 0.